The van der Waals surface area contributed by atoms with Crippen LogP contribution in [0.4, 0.5) is 0 Å². The lowest BCUT2D eigenvalue weighted by atomic mass is 10.0. The summed E-state index contributed by atoms with van der Waals surface area (Å²) in [6.45, 7) is 5.21. The second-order valence-electron chi connectivity index (χ2n) is 15.1. The fourth-order valence-electron chi connectivity index (χ4n) is 5.56. The van der Waals surface area contributed by atoms with E-state index in [1.807, 2.05) is 33.3 Å². The zero-order valence-corrected chi connectivity index (χ0v) is 34.5. The Kier molecular flexibility index (Phi) is 35.5. The minimum Gasteiger partial charge on any atom is -0.756 e. The van der Waals surface area contributed by atoms with Crippen molar-refractivity contribution in [2.24, 2.45) is 0 Å². The average Bonchev–Trinajstić information content (AvgIpc) is 3.07. The molecular formula is C42H82NO6P. The molecule has 0 amide bonds. The number of allylic oxidation sites excluding steroid dienone is 4. The highest BCUT2D eigenvalue weighted by atomic mass is 31.2. The number of hydrogen-bond donors (Lipinski definition) is 0. The number of rotatable bonds is 39. The van der Waals surface area contributed by atoms with Crippen molar-refractivity contribution in [1.29, 1.82) is 0 Å². The molecule has 1 unspecified atom stereocenters. The van der Waals surface area contributed by atoms with Crippen LogP contribution in [-0.2, 0) is 23.1 Å². The van der Waals surface area contributed by atoms with E-state index in [1.54, 1.807) is 12.5 Å². The van der Waals surface area contributed by atoms with E-state index < -0.39 is 13.9 Å². The molecule has 0 saturated carbocycles. The van der Waals surface area contributed by atoms with Crippen LogP contribution >= 0.6 is 7.82 Å². The van der Waals surface area contributed by atoms with Crippen molar-refractivity contribution < 1.29 is 32.5 Å². The molecule has 0 aliphatic rings. The molecule has 8 heteroatoms. The number of hydrogen-bond acceptors (Lipinski definition) is 6. The van der Waals surface area contributed by atoms with Crippen LogP contribution < -0.4 is 4.89 Å². The fourth-order valence-corrected chi connectivity index (χ4v) is 6.29. The van der Waals surface area contributed by atoms with E-state index >= 15 is 0 Å². The van der Waals surface area contributed by atoms with Gasteiger partial charge >= 0.3 is 0 Å². The van der Waals surface area contributed by atoms with Crippen molar-refractivity contribution in [2.75, 3.05) is 47.5 Å². The third-order valence-electron chi connectivity index (χ3n) is 8.88. The maximum atomic E-state index is 12.3. The van der Waals surface area contributed by atoms with Gasteiger partial charge in [-0.05, 0) is 63.5 Å². The highest BCUT2D eigenvalue weighted by Gasteiger charge is 2.17. The van der Waals surface area contributed by atoms with Crippen molar-refractivity contribution in [3.63, 3.8) is 0 Å². The van der Waals surface area contributed by atoms with Crippen LogP contribution in [0.1, 0.15) is 181 Å². The van der Waals surface area contributed by atoms with E-state index in [2.05, 4.69) is 26.0 Å². The van der Waals surface area contributed by atoms with Gasteiger partial charge in [-0.1, -0.05) is 142 Å². The summed E-state index contributed by atoms with van der Waals surface area (Å²) in [5, 5.41) is 0. The molecule has 0 radical (unpaired) electrons. The number of phosphoric acid groups is 1. The van der Waals surface area contributed by atoms with Gasteiger partial charge in [0.1, 0.15) is 19.8 Å². The minimum absolute atomic E-state index is 0.0730. The molecule has 0 rings (SSSR count). The van der Waals surface area contributed by atoms with Crippen molar-refractivity contribution in [3.8, 4) is 0 Å². The monoisotopic (exact) mass is 728 g/mol. The van der Waals surface area contributed by atoms with E-state index in [9.17, 15) is 9.46 Å². The maximum Gasteiger partial charge on any atom is 0.268 e. The lowest BCUT2D eigenvalue weighted by molar-refractivity contribution is -0.870. The predicted molar refractivity (Wildman–Crippen MR) is 212 cm³/mol. The summed E-state index contributed by atoms with van der Waals surface area (Å²) in [5.74, 6) is 0. The van der Waals surface area contributed by atoms with Crippen molar-refractivity contribution >= 4 is 7.82 Å². The predicted octanol–water partition coefficient (Wildman–Crippen LogP) is 12.4. The molecule has 7 nitrogen and oxygen atoms in total. The van der Waals surface area contributed by atoms with E-state index in [0.29, 0.717) is 11.0 Å². The van der Waals surface area contributed by atoms with Gasteiger partial charge in [-0.25, -0.2) is 0 Å². The molecule has 0 saturated heterocycles. The van der Waals surface area contributed by atoms with Crippen LogP contribution in [0.5, 0.6) is 0 Å². The SMILES string of the molecule is CCCCCCCC/C=C\CCCCCC/C=C\O[C@H](CO/C=C\CCCCCCCCCCCCCC)COP(=O)([O-])OCC[N+](C)(C)C. The summed E-state index contributed by atoms with van der Waals surface area (Å²) >= 11 is 0. The van der Waals surface area contributed by atoms with Gasteiger partial charge in [-0.3, -0.25) is 4.57 Å². The lowest BCUT2D eigenvalue weighted by Gasteiger charge is -2.28. The van der Waals surface area contributed by atoms with Gasteiger partial charge in [0.05, 0.1) is 40.3 Å². The number of likely N-dealkylation sites (N-methyl/N-ethyl adjacent to an activating group) is 1. The Labute approximate surface area is 310 Å². The Hall–Kier alpha value is -1.11. The highest BCUT2D eigenvalue weighted by Crippen LogP contribution is 2.38. The number of phosphoric ester groups is 1. The smallest absolute Gasteiger partial charge is 0.268 e. The minimum atomic E-state index is -4.43. The molecule has 0 aromatic carbocycles. The molecule has 0 aliphatic carbocycles. The average molecular weight is 728 g/mol. The Balaban J connectivity index is 4.26. The molecule has 0 spiro atoms. The molecule has 0 fully saturated rings. The number of nitrogens with zero attached hydrogens (tertiary/aromatic N) is 1. The van der Waals surface area contributed by atoms with Crippen LogP contribution in [0.25, 0.3) is 0 Å². The van der Waals surface area contributed by atoms with Gasteiger partial charge in [0, 0.05) is 0 Å². The van der Waals surface area contributed by atoms with Gasteiger partial charge in [-0.2, -0.15) is 0 Å². The quantitative estimate of drug-likeness (QED) is 0.0206. The summed E-state index contributed by atoms with van der Waals surface area (Å²) in [6, 6.07) is 0. The Morgan fingerprint density at radius 2 is 0.940 bits per heavy atom. The van der Waals surface area contributed by atoms with Crippen LogP contribution in [0.2, 0.25) is 0 Å². The molecule has 2 atom stereocenters. The third-order valence-corrected chi connectivity index (χ3v) is 9.84. The second-order valence-corrected chi connectivity index (χ2v) is 16.5. The summed E-state index contributed by atoms with van der Waals surface area (Å²) in [4.78, 5) is 12.3. The Bertz CT molecular complexity index is 841. The Morgan fingerprint density at radius 3 is 1.38 bits per heavy atom. The first-order chi connectivity index (χ1) is 24.2. The van der Waals surface area contributed by atoms with Gasteiger partial charge < -0.3 is 27.9 Å². The van der Waals surface area contributed by atoms with E-state index in [1.165, 1.54) is 141 Å². The molecule has 0 aromatic rings. The Morgan fingerprint density at radius 1 is 0.540 bits per heavy atom. The summed E-state index contributed by atoms with van der Waals surface area (Å²) in [7, 11) is 1.52. The van der Waals surface area contributed by atoms with Crippen LogP contribution in [0.15, 0.2) is 36.8 Å². The van der Waals surface area contributed by atoms with Crippen LogP contribution in [0, 0.1) is 0 Å². The first-order valence-corrected chi connectivity index (χ1v) is 22.3. The molecular weight excluding hydrogens is 645 g/mol. The van der Waals surface area contributed by atoms with Crippen molar-refractivity contribution in [3.05, 3.63) is 36.8 Å². The van der Waals surface area contributed by atoms with Gasteiger partial charge in [0.2, 0.25) is 0 Å². The molecule has 0 N–H and O–H groups in total. The fraction of sp³-hybridized carbons (Fsp3) is 0.857. The molecule has 0 bridgehead atoms. The summed E-state index contributed by atoms with van der Waals surface area (Å²) in [5.41, 5.74) is 0. The molecule has 50 heavy (non-hydrogen) atoms. The largest absolute Gasteiger partial charge is 0.756 e. The van der Waals surface area contributed by atoms with Gasteiger partial charge in [0.15, 0.2) is 6.10 Å². The summed E-state index contributed by atoms with van der Waals surface area (Å²) in [6.07, 6.45) is 44.9. The van der Waals surface area contributed by atoms with E-state index in [-0.39, 0.29) is 19.8 Å². The number of quaternary nitrogens is 1. The maximum absolute atomic E-state index is 12.3. The first kappa shape index (κ1) is 48.9. The zero-order chi connectivity index (χ0) is 36.9. The van der Waals surface area contributed by atoms with E-state index in [4.69, 9.17) is 18.5 Å². The summed E-state index contributed by atoms with van der Waals surface area (Å²) < 4.78 is 34.7. The van der Waals surface area contributed by atoms with Crippen molar-refractivity contribution in [1.82, 2.24) is 0 Å². The first-order valence-electron chi connectivity index (χ1n) is 20.8. The van der Waals surface area contributed by atoms with Crippen LogP contribution in [0.3, 0.4) is 0 Å². The standard InChI is InChI=1S/C42H82NO6P/c1-6-8-10-12-14-16-18-20-22-23-25-27-29-31-33-35-38-47-42(41-49-50(44,45)48-39-36-43(3,4)5)40-46-37-34-32-30-28-26-24-21-19-17-15-13-11-9-7-2/h20,22,34-35,37-38,42H,6-19,21,23-33,36,39-41H2,1-5H3/b22-20-,37-34-,38-35-/t42-/m1/s1. The number of ether oxygens (including phenoxy) is 2. The van der Waals surface area contributed by atoms with Gasteiger partial charge in [0.25, 0.3) is 7.82 Å². The number of unbranched alkanes of at least 4 members (excludes halogenated alkanes) is 23. The molecule has 0 heterocycles. The zero-order valence-electron chi connectivity index (χ0n) is 33.6. The van der Waals surface area contributed by atoms with Crippen LogP contribution in [-0.4, -0.2) is 58.1 Å². The molecule has 0 aliphatic heterocycles. The second kappa shape index (κ2) is 36.3. The third kappa shape index (κ3) is 39.7. The molecule has 0 aromatic heterocycles. The topological polar surface area (TPSA) is 77.1 Å². The molecule has 296 valence electrons. The highest BCUT2D eigenvalue weighted by molar-refractivity contribution is 7.45. The normalized spacial score (nSPS) is 14.3. The van der Waals surface area contributed by atoms with E-state index in [0.717, 1.165) is 25.7 Å². The van der Waals surface area contributed by atoms with Crippen molar-refractivity contribution in [2.45, 2.75) is 187 Å². The lowest BCUT2D eigenvalue weighted by Crippen LogP contribution is -2.37. The van der Waals surface area contributed by atoms with Gasteiger partial charge in [-0.15, -0.1) is 0 Å².